The molecule has 1 saturated carbocycles. The van der Waals surface area contributed by atoms with Crippen LogP contribution in [-0.4, -0.2) is 57.6 Å². The lowest BCUT2D eigenvalue weighted by molar-refractivity contribution is 0.0142. The molecule has 180 valence electrons. The number of piperidine rings is 1. The molecule has 7 nitrogen and oxygen atoms in total. The molecule has 2 amide bonds. The standard InChI is InChI=1S/C25H29FN4O3S/c1-15-21(34-22(28-15)19-8-5-16(14-27)13-20(19)26)23(31)30(17-6-7-17)18-9-11-29(12-10-18)24(32)33-25(2,3)4/h5,8,13,17-18H,6-7,9-12H2,1-4H3. The third-order valence-electron chi connectivity index (χ3n) is 6.00. The molecule has 0 bridgehead atoms. The Hall–Kier alpha value is -2.99. The van der Waals surface area contributed by atoms with Crippen LogP contribution in [-0.2, 0) is 4.74 Å². The normalized spacial score (nSPS) is 16.8. The summed E-state index contributed by atoms with van der Waals surface area (Å²) < 4.78 is 20.0. The highest BCUT2D eigenvalue weighted by Crippen LogP contribution is 2.37. The Bertz CT molecular complexity index is 1140. The molecule has 2 heterocycles. The van der Waals surface area contributed by atoms with Gasteiger partial charge in [-0.1, -0.05) is 0 Å². The fraction of sp³-hybridized carbons (Fsp3) is 0.520. The van der Waals surface area contributed by atoms with E-state index in [1.807, 2.05) is 31.7 Å². The SMILES string of the molecule is Cc1nc(-c2ccc(C#N)cc2F)sc1C(=O)N(C1CC1)C1CCN(C(=O)OC(C)(C)C)CC1. The highest BCUT2D eigenvalue weighted by molar-refractivity contribution is 7.17. The number of carbonyl (C=O) groups is 2. The summed E-state index contributed by atoms with van der Waals surface area (Å²) in [5, 5.41) is 9.40. The lowest BCUT2D eigenvalue weighted by Crippen LogP contribution is -2.50. The van der Waals surface area contributed by atoms with Crippen LogP contribution in [0.15, 0.2) is 18.2 Å². The topological polar surface area (TPSA) is 86.5 Å². The van der Waals surface area contributed by atoms with Crippen LogP contribution in [0.4, 0.5) is 9.18 Å². The first-order chi connectivity index (χ1) is 16.1. The number of amides is 2. The Morgan fingerprint density at radius 2 is 1.85 bits per heavy atom. The maximum absolute atomic E-state index is 14.5. The van der Waals surface area contributed by atoms with Gasteiger partial charge in [0.05, 0.1) is 17.3 Å². The van der Waals surface area contributed by atoms with Crippen LogP contribution < -0.4 is 0 Å². The van der Waals surface area contributed by atoms with Crippen molar-refractivity contribution in [3.8, 4) is 16.6 Å². The highest BCUT2D eigenvalue weighted by atomic mass is 32.1. The summed E-state index contributed by atoms with van der Waals surface area (Å²) in [5.74, 6) is -0.603. The lowest BCUT2D eigenvalue weighted by Gasteiger charge is -2.39. The van der Waals surface area contributed by atoms with Gasteiger partial charge >= 0.3 is 6.09 Å². The molecule has 34 heavy (non-hydrogen) atoms. The quantitative estimate of drug-likeness (QED) is 0.600. The van der Waals surface area contributed by atoms with E-state index in [-0.39, 0.29) is 35.2 Å². The molecule has 0 unspecified atom stereocenters. The predicted octanol–water partition coefficient (Wildman–Crippen LogP) is 5.13. The number of benzene rings is 1. The lowest BCUT2D eigenvalue weighted by atomic mass is 10.0. The molecule has 0 spiro atoms. The largest absolute Gasteiger partial charge is 0.444 e. The molecule has 2 aliphatic rings. The van der Waals surface area contributed by atoms with Crippen LogP contribution in [0.3, 0.4) is 0 Å². The summed E-state index contributed by atoms with van der Waals surface area (Å²) in [5.41, 5.74) is 0.559. The minimum Gasteiger partial charge on any atom is -0.444 e. The summed E-state index contributed by atoms with van der Waals surface area (Å²) in [6.45, 7) is 8.39. The zero-order valence-electron chi connectivity index (χ0n) is 19.9. The van der Waals surface area contributed by atoms with Crippen molar-refractivity contribution in [1.82, 2.24) is 14.8 Å². The van der Waals surface area contributed by atoms with Gasteiger partial charge in [0.1, 0.15) is 21.3 Å². The number of hydrogen-bond donors (Lipinski definition) is 0. The van der Waals surface area contributed by atoms with Gasteiger partial charge in [-0.2, -0.15) is 5.26 Å². The van der Waals surface area contributed by atoms with Gasteiger partial charge in [0.15, 0.2) is 0 Å². The molecular formula is C25H29FN4O3S. The fourth-order valence-electron chi connectivity index (χ4n) is 4.22. The van der Waals surface area contributed by atoms with Crippen LogP contribution in [0.25, 0.3) is 10.6 Å². The van der Waals surface area contributed by atoms with E-state index < -0.39 is 11.4 Å². The summed E-state index contributed by atoms with van der Waals surface area (Å²) in [6, 6.07) is 6.42. The summed E-state index contributed by atoms with van der Waals surface area (Å²) in [6.07, 6.45) is 3.00. The number of nitriles is 1. The van der Waals surface area contributed by atoms with E-state index in [1.165, 1.54) is 23.5 Å². The number of rotatable bonds is 4. The van der Waals surface area contributed by atoms with Crippen molar-refractivity contribution in [3.05, 3.63) is 40.2 Å². The van der Waals surface area contributed by atoms with Crippen molar-refractivity contribution >= 4 is 23.3 Å². The average Bonchev–Trinajstić information content (AvgIpc) is 3.53. The maximum Gasteiger partial charge on any atom is 0.410 e. The first-order valence-electron chi connectivity index (χ1n) is 11.6. The van der Waals surface area contributed by atoms with Crippen molar-refractivity contribution in [2.75, 3.05) is 13.1 Å². The number of hydrogen-bond acceptors (Lipinski definition) is 6. The van der Waals surface area contributed by atoms with E-state index in [0.29, 0.717) is 41.5 Å². The highest BCUT2D eigenvalue weighted by Gasteiger charge is 2.41. The number of likely N-dealkylation sites (tertiary alicyclic amines) is 1. The van der Waals surface area contributed by atoms with Crippen molar-refractivity contribution in [2.24, 2.45) is 0 Å². The van der Waals surface area contributed by atoms with Crippen molar-refractivity contribution in [3.63, 3.8) is 0 Å². The number of ether oxygens (including phenoxy) is 1. The fourth-order valence-corrected chi connectivity index (χ4v) is 5.26. The Balaban J connectivity index is 1.50. The molecule has 1 aliphatic heterocycles. The maximum atomic E-state index is 14.5. The second-order valence-corrected chi connectivity index (χ2v) is 10.9. The molecule has 0 N–H and O–H groups in total. The molecule has 2 aromatic rings. The van der Waals surface area contributed by atoms with E-state index in [9.17, 15) is 14.0 Å². The van der Waals surface area contributed by atoms with E-state index >= 15 is 0 Å². The van der Waals surface area contributed by atoms with E-state index in [0.717, 1.165) is 12.8 Å². The second kappa shape index (κ2) is 9.34. The van der Waals surface area contributed by atoms with E-state index in [4.69, 9.17) is 10.00 Å². The molecule has 0 atom stereocenters. The molecule has 4 rings (SSSR count). The second-order valence-electron chi connectivity index (χ2n) is 9.88. The van der Waals surface area contributed by atoms with Gasteiger partial charge in [-0.05, 0) is 71.6 Å². The third kappa shape index (κ3) is 5.22. The Labute approximate surface area is 203 Å². The van der Waals surface area contributed by atoms with Crippen molar-refractivity contribution in [2.45, 2.75) is 71.1 Å². The van der Waals surface area contributed by atoms with Crippen LogP contribution >= 0.6 is 11.3 Å². The molecule has 1 aromatic heterocycles. The minimum atomic E-state index is -0.542. The zero-order chi connectivity index (χ0) is 24.6. The summed E-state index contributed by atoms with van der Waals surface area (Å²) in [7, 11) is 0. The Morgan fingerprint density at radius 3 is 2.41 bits per heavy atom. The van der Waals surface area contributed by atoms with Crippen LogP contribution in [0.2, 0.25) is 0 Å². The van der Waals surface area contributed by atoms with E-state index in [1.54, 1.807) is 17.9 Å². The van der Waals surface area contributed by atoms with Crippen molar-refractivity contribution < 1.29 is 18.7 Å². The zero-order valence-corrected chi connectivity index (χ0v) is 20.7. The van der Waals surface area contributed by atoms with Crippen LogP contribution in [0.1, 0.15) is 67.4 Å². The first kappa shape index (κ1) is 24.1. The predicted molar refractivity (Wildman–Crippen MR) is 127 cm³/mol. The molecule has 1 saturated heterocycles. The van der Waals surface area contributed by atoms with Crippen molar-refractivity contribution in [1.29, 1.82) is 5.26 Å². The number of carbonyl (C=O) groups excluding carboxylic acids is 2. The minimum absolute atomic E-state index is 0.0373. The number of thiazole rings is 1. The van der Waals surface area contributed by atoms with Gasteiger partial charge in [0.25, 0.3) is 5.91 Å². The van der Waals surface area contributed by atoms with Crippen LogP contribution in [0.5, 0.6) is 0 Å². The first-order valence-corrected chi connectivity index (χ1v) is 12.4. The smallest absolute Gasteiger partial charge is 0.410 e. The average molecular weight is 485 g/mol. The number of aromatic nitrogens is 1. The molecule has 1 aliphatic carbocycles. The molecular weight excluding hydrogens is 455 g/mol. The summed E-state index contributed by atoms with van der Waals surface area (Å²) >= 11 is 1.19. The molecule has 1 aromatic carbocycles. The van der Waals surface area contributed by atoms with Gasteiger partial charge in [-0.25, -0.2) is 14.2 Å². The number of nitrogens with zero attached hydrogens (tertiary/aromatic N) is 4. The van der Waals surface area contributed by atoms with E-state index in [2.05, 4.69) is 4.98 Å². The Kier molecular flexibility index (Phi) is 6.63. The number of halogens is 1. The number of aryl methyl sites for hydroxylation is 1. The monoisotopic (exact) mass is 484 g/mol. The van der Waals surface area contributed by atoms with Gasteiger partial charge < -0.3 is 14.5 Å². The van der Waals surface area contributed by atoms with Gasteiger partial charge in [0.2, 0.25) is 0 Å². The third-order valence-corrected chi connectivity index (χ3v) is 7.18. The van der Waals surface area contributed by atoms with Gasteiger partial charge in [0, 0.05) is 30.7 Å². The van der Waals surface area contributed by atoms with Gasteiger partial charge in [-0.15, -0.1) is 11.3 Å². The summed E-state index contributed by atoms with van der Waals surface area (Å²) in [4.78, 5) is 34.7. The molecule has 2 fully saturated rings. The van der Waals surface area contributed by atoms with Gasteiger partial charge in [-0.3, -0.25) is 4.79 Å². The molecule has 0 radical (unpaired) electrons. The Morgan fingerprint density at radius 1 is 1.21 bits per heavy atom. The molecule has 9 heteroatoms. The van der Waals surface area contributed by atoms with Crippen LogP contribution in [0, 0.1) is 24.1 Å².